The number of aromatic nitrogens is 1. The lowest BCUT2D eigenvalue weighted by molar-refractivity contribution is -0.241. The molecule has 0 radical (unpaired) electrons. The number of nitrogens with one attached hydrogen (secondary N) is 1. The molecular formula is C8H10N2O2. The van der Waals surface area contributed by atoms with Gasteiger partial charge in [-0.05, 0) is 0 Å². The summed E-state index contributed by atoms with van der Waals surface area (Å²) in [5.74, 6) is 0.714. The maximum Gasteiger partial charge on any atom is 0.227 e. The summed E-state index contributed by atoms with van der Waals surface area (Å²) in [6, 6.07) is 0. The van der Waals surface area contributed by atoms with Crippen molar-refractivity contribution < 1.29 is 9.15 Å². The second-order valence-electron chi connectivity index (χ2n) is 3.41. The van der Waals surface area contributed by atoms with Gasteiger partial charge in [-0.1, -0.05) is 0 Å². The van der Waals surface area contributed by atoms with Gasteiger partial charge in [0.2, 0.25) is 5.89 Å². The van der Waals surface area contributed by atoms with Crippen molar-refractivity contribution in [2.75, 3.05) is 13.1 Å². The molecule has 2 unspecified atom stereocenters. The van der Waals surface area contributed by atoms with Gasteiger partial charge < -0.3 is 14.5 Å². The van der Waals surface area contributed by atoms with Crippen molar-refractivity contribution in [3.8, 4) is 0 Å². The SMILES string of the molecule is c1coc(C23CNCC(C2)O3)n1. The van der Waals surface area contributed by atoms with E-state index in [1.165, 1.54) is 0 Å². The van der Waals surface area contributed by atoms with Gasteiger partial charge in [0, 0.05) is 19.5 Å². The van der Waals surface area contributed by atoms with E-state index in [-0.39, 0.29) is 5.60 Å². The molecule has 4 nitrogen and oxygen atoms in total. The third-order valence-corrected chi connectivity index (χ3v) is 2.55. The highest BCUT2D eigenvalue weighted by Crippen LogP contribution is 2.42. The van der Waals surface area contributed by atoms with Crippen LogP contribution in [-0.4, -0.2) is 24.2 Å². The minimum atomic E-state index is -0.244. The first-order valence-electron chi connectivity index (χ1n) is 4.18. The topological polar surface area (TPSA) is 47.3 Å². The standard InChI is InChI=1S/C8H10N2O2/c1-2-11-7(10-1)8-3-6(12-8)4-9-5-8/h1-2,6,9H,3-5H2. The largest absolute Gasteiger partial charge is 0.446 e. The van der Waals surface area contributed by atoms with Crippen LogP contribution >= 0.6 is 0 Å². The summed E-state index contributed by atoms with van der Waals surface area (Å²) in [5.41, 5.74) is -0.244. The van der Waals surface area contributed by atoms with Gasteiger partial charge in [-0.3, -0.25) is 0 Å². The Kier molecular flexibility index (Phi) is 1.15. The van der Waals surface area contributed by atoms with E-state index in [1.54, 1.807) is 12.5 Å². The summed E-state index contributed by atoms with van der Waals surface area (Å²) >= 11 is 0. The highest BCUT2D eigenvalue weighted by Gasteiger charge is 2.53. The van der Waals surface area contributed by atoms with Gasteiger partial charge in [0.25, 0.3) is 0 Å². The Balaban J connectivity index is 1.93. The zero-order valence-corrected chi connectivity index (χ0v) is 6.62. The van der Waals surface area contributed by atoms with Crippen LogP contribution in [0, 0.1) is 0 Å². The third kappa shape index (κ3) is 0.711. The predicted octanol–water partition coefficient (Wildman–Crippen LogP) is 0.262. The summed E-state index contributed by atoms with van der Waals surface area (Å²) < 4.78 is 10.9. The van der Waals surface area contributed by atoms with Crippen molar-refractivity contribution in [1.29, 1.82) is 0 Å². The summed E-state index contributed by atoms with van der Waals surface area (Å²) in [4.78, 5) is 4.12. The molecule has 0 saturated carbocycles. The van der Waals surface area contributed by atoms with Crippen molar-refractivity contribution in [3.05, 3.63) is 18.4 Å². The van der Waals surface area contributed by atoms with Crippen LogP contribution in [0.15, 0.2) is 16.9 Å². The lowest BCUT2D eigenvalue weighted by Crippen LogP contribution is -2.62. The molecule has 4 heterocycles. The summed E-state index contributed by atoms with van der Waals surface area (Å²) in [5, 5.41) is 3.29. The van der Waals surface area contributed by atoms with Crippen molar-refractivity contribution in [2.45, 2.75) is 18.1 Å². The summed E-state index contributed by atoms with van der Waals surface area (Å²) in [6.45, 7) is 1.78. The number of piperidine rings is 1. The van der Waals surface area contributed by atoms with E-state index in [0.717, 1.165) is 19.5 Å². The molecule has 3 aliphatic rings. The van der Waals surface area contributed by atoms with Crippen molar-refractivity contribution in [1.82, 2.24) is 10.3 Å². The van der Waals surface area contributed by atoms with E-state index < -0.39 is 0 Å². The fourth-order valence-electron chi connectivity index (χ4n) is 2.00. The molecule has 1 aromatic rings. The van der Waals surface area contributed by atoms with E-state index in [4.69, 9.17) is 9.15 Å². The molecule has 0 aromatic carbocycles. The fourth-order valence-corrected chi connectivity index (χ4v) is 2.00. The molecule has 12 heavy (non-hydrogen) atoms. The smallest absolute Gasteiger partial charge is 0.227 e. The molecule has 4 rings (SSSR count). The molecule has 64 valence electrons. The lowest BCUT2D eigenvalue weighted by atomic mass is 9.85. The molecule has 2 bridgehead atoms. The molecule has 0 spiro atoms. The van der Waals surface area contributed by atoms with Crippen LogP contribution in [0.4, 0.5) is 0 Å². The van der Waals surface area contributed by atoms with E-state index in [0.29, 0.717) is 12.0 Å². The lowest BCUT2D eigenvalue weighted by Gasteiger charge is -2.50. The zero-order chi connectivity index (χ0) is 8.02. The van der Waals surface area contributed by atoms with Crippen LogP contribution in [0.2, 0.25) is 0 Å². The van der Waals surface area contributed by atoms with Gasteiger partial charge in [-0.2, -0.15) is 0 Å². The van der Waals surface area contributed by atoms with Crippen LogP contribution in [0.25, 0.3) is 0 Å². The molecule has 3 saturated heterocycles. The van der Waals surface area contributed by atoms with Gasteiger partial charge >= 0.3 is 0 Å². The molecule has 1 aromatic heterocycles. The average molecular weight is 166 g/mol. The van der Waals surface area contributed by atoms with E-state index in [9.17, 15) is 0 Å². The molecule has 0 amide bonds. The second kappa shape index (κ2) is 2.08. The highest BCUT2D eigenvalue weighted by atomic mass is 16.6. The molecule has 1 N–H and O–H groups in total. The minimum Gasteiger partial charge on any atom is -0.446 e. The Bertz CT molecular complexity index is 272. The van der Waals surface area contributed by atoms with Crippen molar-refractivity contribution in [2.24, 2.45) is 0 Å². The maximum absolute atomic E-state index is 5.69. The first-order chi connectivity index (χ1) is 5.89. The monoisotopic (exact) mass is 166 g/mol. The summed E-state index contributed by atoms with van der Waals surface area (Å²) in [6.07, 6.45) is 4.66. The number of hydrogen-bond acceptors (Lipinski definition) is 4. The average Bonchev–Trinajstić information content (AvgIpc) is 2.55. The van der Waals surface area contributed by atoms with Gasteiger partial charge in [0.05, 0.1) is 12.3 Å². The Hall–Kier alpha value is -0.870. The Morgan fingerprint density at radius 2 is 2.58 bits per heavy atom. The van der Waals surface area contributed by atoms with E-state index in [2.05, 4.69) is 10.3 Å². The van der Waals surface area contributed by atoms with Crippen LogP contribution in [0.1, 0.15) is 12.3 Å². The van der Waals surface area contributed by atoms with Crippen LogP contribution in [-0.2, 0) is 10.3 Å². The van der Waals surface area contributed by atoms with Gasteiger partial charge in [-0.15, -0.1) is 0 Å². The number of morpholine rings is 1. The van der Waals surface area contributed by atoms with Gasteiger partial charge in [-0.25, -0.2) is 4.98 Å². The van der Waals surface area contributed by atoms with Gasteiger partial charge in [0.1, 0.15) is 6.26 Å². The summed E-state index contributed by atoms with van der Waals surface area (Å²) in [7, 11) is 0. The van der Waals surface area contributed by atoms with Crippen LogP contribution in [0.5, 0.6) is 0 Å². The molecule has 3 aliphatic heterocycles. The number of oxazole rings is 1. The molecule has 4 heteroatoms. The van der Waals surface area contributed by atoms with Gasteiger partial charge in [0.15, 0.2) is 5.60 Å². The normalized spacial score (nSPS) is 39.2. The van der Waals surface area contributed by atoms with E-state index >= 15 is 0 Å². The number of nitrogens with zero attached hydrogens (tertiary/aromatic N) is 1. The molecular weight excluding hydrogens is 156 g/mol. The first kappa shape index (κ1) is 6.62. The zero-order valence-electron chi connectivity index (χ0n) is 6.62. The fraction of sp³-hybridized carbons (Fsp3) is 0.625. The number of fused-ring (bicyclic) bond motifs is 2. The quantitative estimate of drug-likeness (QED) is 0.650. The number of ether oxygens (including phenoxy) is 1. The maximum atomic E-state index is 5.69. The van der Waals surface area contributed by atoms with Crippen LogP contribution in [0.3, 0.4) is 0 Å². The minimum absolute atomic E-state index is 0.244. The van der Waals surface area contributed by atoms with E-state index in [1.807, 2.05) is 0 Å². The second-order valence-corrected chi connectivity index (χ2v) is 3.41. The number of rotatable bonds is 1. The Labute approximate surface area is 69.9 Å². The first-order valence-corrected chi connectivity index (χ1v) is 4.18. The van der Waals surface area contributed by atoms with Crippen molar-refractivity contribution >= 4 is 0 Å². The highest BCUT2D eigenvalue weighted by molar-refractivity contribution is 5.10. The molecule has 0 aliphatic carbocycles. The molecule has 2 atom stereocenters. The Morgan fingerprint density at radius 3 is 3.17 bits per heavy atom. The van der Waals surface area contributed by atoms with Crippen LogP contribution < -0.4 is 5.32 Å². The predicted molar refractivity (Wildman–Crippen MR) is 40.5 cm³/mol. The van der Waals surface area contributed by atoms with Crippen molar-refractivity contribution in [3.63, 3.8) is 0 Å². The Morgan fingerprint density at radius 1 is 1.67 bits per heavy atom. The molecule has 3 fully saturated rings. The number of hydrogen-bond donors (Lipinski definition) is 1. The third-order valence-electron chi connectivity index (χ3n) is 2.55.